The average Bonchev–Trinajstić information content (AvgIpc) is 2.80. The van der Waals surface area contributed by atoms with E-state index < -0.39 is 11.6 Å². The zero-order valence-corrected chi connectivity index (χ0v) is 19.6. The van der Waals surface area contributed by atoms with E-state index in [1.165, 1.54) is 4.57 Å². The number of carbonyl (C=O) groups is 1. The smallest absolute Gasteiger partial charge is 0.293 e. The van der Waals surface area contributed by atoms with Crippen molar-refractivity contribution in [2.75, 3.05) is 29.9 Å². The van der Waals surface area contributed by atoms with Crippen molar-refractivity contribution in [3.8, 4) is 5.75 Å². The zero-order chi connectivity index (χ0) is 24.5. The van der Waals surface area contributed by atoms with Gasteiger partial charge in [-0.05, 0) is 50.5 Å². The number of nitrogens with two attached hydrogens (primary N) is 1. The van der Waals surface area contributed by atoms with Gasteiger partial charge < -0.3 is 25.3 Å². The van der Waals surface area contributed by atoms with Gasteiger partial charge in [0.15, 0.2) is 12.4 Å². The van der Waals surface area contributed by atoms with E-state index in [-0.39, 0.29) is 17.9 Å². The molecular formula is C24H29FN6O3. The minimum absolute atomic E-state index is 0.0504. The Kier molecular flexibility index (Phi) is 6.41. The number of rotatable bonds is 7. The number of aryl methyl sites for hydroxylation is 2. The number of anilines is 3. The molecule has 0 aliphatic carbocycles. The summed E-state index contributed by atoms with van der Waals surface area (Å²) < 4.78 is 21.0. The van der Waals surface area contributed by atoms with E-state index in [4.69, 9.17) is 15.5 Å². The Balaban J connectivity index is 1.64. The van der Waals surface area contributed by atoms with Crippen molar-refractivity contribution < 1.29 is 13.9 Å². The number of alkyl halides is 1. The molecule has 3 heterocycles. The van der Waals surface area contributed by atoms with Crippen LogP contribution in [0.4, 0.5) is 21.8 Å². The molecule has 3 aromatic rings. The topological polar surface area (TPSA) is 115 Å². The van der Waals surface area contributed by atoms with Crippen LogP contribution in [0.25, 0.3) is 10.9 Å². The van der Waals surface area contributed by atoms with Crippen molar-refractivity contribution in [2.24, 2.45) is 12.8 Å². The third-order valence-electron chi connectivity index (χ3n) is 6.15. The number of halogens is 1. The van der Waals surface area contributed by atoms with Gasteiger partial charge in [-0.15, -0.1) is 0 Å². The quantitative estimate of drug-likeness (QED) is 0.548. The number of piperidine rings is 1. The number of nitrogens with one attached hydrogen (secondary N) is 1. The lowest BCUT2D eigenvalue weighted by molar-refractivity contribution is -0.119. The molecule has 4 rings (SSSR count). The summed E-state index contributed by atoms with van der Waals surface area (Å²) in [5.74, 6) is 0.638. The largest absolute Gasteiger partial charge is 0.478 e. The van der Waals surface area contributed by atoms with Crippen LogP contribution in [0.5, 0.6) is 5.75 Å². The third kappa shape index (κ3) is 4.95. The molecule has 1 fully saturated rings. The molecule has 1 amide bonds. The molecule has 2 aromatic heterocycles. The van der Waals surface area contributed by atoms with Crippen molar-refractivity contribution >= 4 is 34.3 Å². The summed E-state index contributed by atoms with van der Waals surface area (Å²) in [4.78, 5) is 34.8. The van der Waals surface area contributed by atoms with Crippen LogP contribution in [0.2, 0.25) is 0 Å². The van der Waals surface area contributed by atoms with Gasteiger partial charge in [0.25, 0.3) is 11.5 Å². The first-order chi connectivity index (χ1) is 16.2. The van der Waals surface area contributed by atoms with Gasteiger partial charge in [0.1, 0.15) is 11.5 Å². The Morgan fingerprint density at radius 2 is 2.03 bits per heavy atom. The molecule has 0 radical (unpaired) electrons. The van der Waals surface area contributed by atoms with Crippen LogP contribution in [0.1, 0.15) is 32.3 Å². The highest BCUT2D eigenvalue weighted by Crippen LogP contribution is 2.29. The lowest BCUT2D eigenvalue weighted by Gasteiger charge is -2.34. The highest BCUT2D eigenvalue weighted by atomic mass is 19.1. The van der Waals surface area contributed by atoms with E-state index in [0.29, 0.717) is 43.2 Å². The Morgan fingerprint density at radius 3 is 2.71 bits per heavy atom. The summed E-state index contributed by atoms with van der Waals surface area (Å²) in [6.07, 6.45) is 3.42. The van der Waals surface area contributed by atoms with Crippen molar-refractivity contribution in [1.29, 1.82) is 0 Å². The van der Waals surface area contributed by atoms with Crippen LogP contribution in [-0.4, -0.2) is 45.8 Å². The summed E-state index contributed by atoms with van der Waals surface area (Å²) in [5, 5.41) is 4.11. The van der Waals surface area contributed by atoms with E-state index in [1.54, 1.807) is 26.2 Å². The number of nitrogens with zero attached hydrogens (tertiary/aromatic N) is 4. The third-order valence-corrected chi connectivity index (χ3v) is 6.15. The Labute approximate surface area is 196 Å². The van der Waals surface area contributed by atoms with Gasteiger partial charge in [-0.1, -0.05) is 6.92 Å². The Bertz CT molecular complexity index is 1280. The minimum Gasteiger partial charge on any atom is -0.478 e. The number of benzene rings is 1. The second kappa shape index (κ2) is 9.28. The molecule has 180 valence electrons. The first kappa shape index (κ1) is 23.5. The standard InChI is InChI=1S/C24H29FN6O3/c1-4-15-13-27-23(31-9-7-24(2,25)8-10-31)29-21(15)28-17-5-6-18-16(11-17)12-19(22(33)30(18)3)34-14-20(26)32/h5-6,11-13H,4,7-10,14H2,1-3H3,(H2,26,32)(H,27,28,29). The summed E-state index contributed by atoms with van der Waals surface area (Å²) in [5.41, 5.74) is 6.06. The number of hydrogen-bond donors (Lipinski definition) is 2. The molecule has 3 N–H and O–H groups in total. The first-order valence-electron chi connectivity index (χ1n) is 11.3. The molecule has 0 bridgehead atoms. The predicted molar refractivity (Wildman–Crippen MR) is 130 cm³/mol. The lowest BCUT2D eigenvalue weighted by Crippen LogP contribution is -2.40. The fraction of sp³-hybridized carbons (Fsp3) is 0.417. The molecule has 1 aliphatic heterocycles. The van der Waals surface area contributed by atoms with Crippen molar-refractivity contribution in [1.82, 2.24) is 14.5 Å². The van der Waals surface area contributed by atoms with Gasteiger partial charge in [-0.25, -0.2) is 9.37 Å². The van der Waals surface area contributed by atoms with E-state index in [2.05, 4.69) is 10.3 Å². The number of ether oxygens (including phenoxy) is 1. The second-order valence-electron chi connectivity index (χ2n) is 8.82. The van der Waals surface area contributed by atoms with Gasteiger partial charge in [0.05, 0.1) is 5.52 Å². The highest BCUT2D eigenvalue weighted by Gasteiger charge is 2.30. The number of carbonyl (C=O) groups excluding carboxylic acids is 1. The van der Waals surface area contributed by atoms with E-state index in [9.17, 15) is 14.0 Å². The van der Waals surface area contributed by atoms with Crippen LogP contribution in [0.15, 0.2) is 35.3 Å². The van der Waals surface area contributed by atoms with Crippen LogP contribution < -0.4 is 26.2 Å². The molecule has 34 heavy (non-hydrogen) atoms. The van der Waals surface area contributed by atoms with E-state index >= 15 is 0 Å². The number of primary amides is 1. The number of pyridine rings is 1. The van der Waals surface area contributed by atoms with E-state index in [1.807, 2.05) is 30.0 Å². The van der Waals surface area contributed by atoms with Crippen LogP contribution >= 0.6 is 0 Å². The number of hydrogen-bond acceptors (Lipinski definition) is 7. The molecule has 9 nitrogen and oxygen atoms in total. The van der Waals surface area contributed by atoms with Crippen molar-refractivity contribution in [3.05, 3.63) is 46.4 Å². The maximum absolute atomic E-state index is 14.2. The molecule has 1 aliphatic rings. The van der Waals surface area contributed by atoms with Crippen LogP contribution in [0, 0.1) is 0 Å². The van der Waals surface area contributed by atoms with E-state index in [0.717, 1.165) is 23.1 Å². The molecule has 0 saturated carbocycles. The molecule has 1 aromatic carbocycles. The average molecular weight is 469 g/mol. The Hall–Kier alpha value is -3.69. The van der Waals surface area contributed by atoms with Gasteiger partial charge >= 0.3 is 0 Å². The van der Waals surface area contributed by atoms with Crippen molar-refractivity contribution in [2.45, 2.75) is 38.8 Å². The zero-order valence-electron chi connectivity index (χ0n) is 19.6. The molecule has 10 heteroatoms. The van der Waals surface area contributed by atoms with Crippen molar-refractivity contribution in [3.63, 3.8) is 0 Å². The first-order valence-corrected chi connectivity index (χ1v) is 11.3. The Morgan fingerprint density at radius 1 is 1.29 bits per heavy atom. The molecule has 0 spiro atoms. The van der Waals surface area contributed by atoms with Gasteiger partial charge in [-0.3, -0.25) is 9.59 Å². The normalized spacial score (nSPS) is 15.4. The molecule has 0 unspecified atom stereocenters. The lowest BCUT2D eigenvalue weighted by atomic mass is 9.96. The fourth-order valence-electron chi connectivity index (χ4n) is 4.01. The molecular weight excluding hydrogens is 439 g/mol. The highest BCUT2D eigenvalue weighted by molar-refractivity contribution is 5.85. The maximum Gasteiger partial charge on any atom is 0.293 e. The SMILES string of the molecule is CCc1cnc(N2CCC(C)(F)CC2)nc1Nc1ccc2c(c1)cc(OCC(N)=O)c(=O)n2C. The molecule has 0 atom stereocenters. The van der Waals surface area contributed by atoms with Crippen LogP contribution in [-0.2, 0) is 18.3 Å². The van der Waals surface area contributed by atoms with Gasteiger partial charge in [0, 0.05) is 43.0 Å². The number of fused-ring (bicyclic) bond motifs is 1. The summed E-state index contributed by atoms with van der Waals surface area (Å²) >= 11 is 0. The maximum atomic E-state index is 14.2. The second-order valence-corrected chi connectivity index (χ2v) is 8.82. The monoisotopic (exact) mass is 468 g/mol. The summed E-state index contributed by atoms with van der Waals surface area (Å²) in [7, 11) is 1.64. The number of aromatic nitrogens is 3. The predicted octanol–water partition coefficient (Wildman–Crippen LogP) is 2.83. The summed E-state index contributed by atoms with van der Waals surface area (Å²) in [6, 6.07) is 7.17. The van der Waals surface area contributed by atoms with Crippen LogP contribution in [0.3, 0.4) is 0 Å². The van der Waals surface area contributed by atoms with Gasteiger partial charge in [0.2, 0.25) is 5.95 Å². The summed E-state index contributed by atoms with van der Waals surface area (Å²) in [6.45, 7) is 4.42. The van der Waals surface area contributed by atoms with Gasteiger partial charge in [-0.2, -0.15) is 4.98 Å². The fourth-order valence-corrected chi connectivity index (χ4v) is 4.01. The molecule has 1 saturated heterocycles. The number of amides is 1. The minimum atomic E-state index is -1.15.